The van der Waals surface area contributed by atoms with Crippen LogP contribution in [-0.2, 0) is 4.79 Å². The fourth-order valence-corrected chi connectivity index (χ4v) is 0.693. The van der Waals surface area contributed by atoms with Crippen LogP contribution in [0.1, 0.15) is 10.4 Å². The topological polar surface area (TPSA) is 115 Å². The van der Waals surface area contributed by atoms with Crippen molar-refractivity contribution in [2.45, 2.75) is 0 Å². The summed E-state index contributed by atoms with van der Waals surface area (Å²) >= 11 is 0. The van der Waals surface area contributed by atoms with Crippen LogP contribution >= 0.6 is 0 Å². The van der Waals surface area contributed by atoms with Gasteiger partial charge in [0.05, 0.1) is 5.56 Å². The standard InChI is InChI=1S/C7H6O2.C4H6O2.CH2O2/c8-7(9)6-4-2-1-3-5-6;5-3-1-2-4-6;2-1-3/h1-5H,(H,8,9);5-6H,3-4H2;1H,(H,2,3). The average Bonchev–Trinajstić information content (AvgIpc) is 2.39. The van der Waals surface area contributed by atoms with E-state index in [1.165, 1.54) is 0 Å². The molecule has 0 fully saturated rings. The van der Waals surface area contributed by atoms with Gasteiger partial charge in [-0.05, 0) is 12.1 Å². The SMILES string of the molecule is O=C(O)c1ccccc1.O=CO.OCC#CCO. The minimum atomic E-state index is -0.879. The van der Waals surface area contributed by atoms with Crippen LogP contribution in [0.25, 0.3) is 0 Å². The molecule has 1 rings (SSSR count). The number of carbonyl (C=O) groups is 2. The van der Waals surface area contributed by atoms with E-state index < -0.39 is 5.97 Å². The quantitative estimate of drug-likeness (QED) is 0.416. The molecule has 4 N–H and O–H groups in total. The second kappa shape index (κ2) is 14.6. The number of aromatic carboxylic acids is 1. The second-order valence-corrected chi connectivity index (χ2v) is 2.45. The summed E-state index contributed by atoms with van der Waals surface area (Å²) in [5.41, 5.74) is 0.331. The number of carboxylic acid groups (broad SMARTS) is 2. The molecule has 0 aliphatic carbocycles. The second-order valence-electron chi connectivity index (χ2n) is 2.45. The lowest BCUT2D eigenvalue weighted by Gasteiger charge is -1.88. The van der Waals surface area contributed by atoms with Gasteiger partial charge in [-0.15, -0.1) is 0 Å². The highest BCUT2D eigenvalue weighted by Crippen LogP contribution is 1.96. The number of aliphatic hydroxyl groups is 2. The molecule has 0 saturated heterocycles. The van der Waals surface area contributed by atoms with Crippen molar-refractivity contribution in [3.8, 4) is 11.8 Å². The van der Waals surface area contributed by atoms with Crippen LogP contribution < -0.4 is 0 Å². The maximum Gasteiger partial charge on any atom is 0.335 e. The van der Waals surface area contributed by atoms with Gasteiger partial charge in [-0.1, -0.05) is 30.0 Å². The van der Waals surface area contributed by atoms with Gasteiger partial charge in [0.25, 0.3) is 6.47 Å². The summed E-state index contributed by atoms with van der Waals surface area (Å²) in [4.78, 5) is 18.6. The summed E-state index contributed by atoms with van der Waals surface area (Å²) in [5.74, 6) is 3.63. The molecule has 0 heterocycles. The van der Waals surface area contributed by atoms with Crippen LogP contribution in [0.5, 0.6) is 0 Å². The van der Waals surface area contributed by atoms with Crippen molar-refractivity contribution in [3.63, 3.8) is 0 Å². The molecular formula is C12H14O6. The van der Waals surface area contributed by atoms with Crippen LogP contribution in [0.4, 0.5) is 0 Å². The monoisotopic (exact) mass is 254 g/mol. The van der Waals surface area contributed by atoms with Gasteiger partial charge < -0.3 is 20.4 Å². The van der Waals surface area contributed by atoms with Gasteiger partial charge in [-0.3, -0.25) is 4.79 Å². The van der Waals surface area contributed by atoms with Crippen LogP contribution in [0.15, 0.2) is 30.3 Å². The van der Waals surface area contributed by atoms with Crippen LogP contribution in [0.2, 0.25) is 0 Å². The maximum absolute atomic E-state index is 10.2. The Balaban J connectivity index is 0. The van der Waals surface area contributed by atoms with E-state index >= 15 is 0 Å². The third-order valence-corrected chi connectivity index (χ3v) is 1.30. The Morgan fingerprint density at radius 2 is 1.50 bits per heavy atom. The van der Waals surface area contributed by atoms with Gasteiger partial charge in [0.2, 0.25) is 0 Å². The first-order valence-electron chi connectivity index (χ1n) is 4.67. The molecule has 0 unspecified atom stereocenters. The summed E-state index contributed by atoms with van der Waals surface area (Å²) in [6, 6.07) is 8.30. The number of benzene rings is 1. The van der Waals surface area contributed by atoms with E-state index in [1.54, 1.807) is 30.3 Å². The third kappa shape index (κ3) is 13.6. The Morgan fingerprint density at radius 3 is 1.72 bits per heavy atom. The van der Waals surface area contributed by atoms with Crippen molar-refractivity contribution in [2.24, 2.45) is 0 Å². The minimum absolute atomic E-state index is 0.166. The van der Waals surface area contributed by atoms with Crippen molar-refractivity contribution < 1.29 is 30.0 Å². The lowest BCUT2D eigenvalue weighted by atomic mass is 10.2. The Hall–Kier alpha value is -2.36. The molecule has 6 nitrogen and oxygen atoms in total. The molecule has 0 bridgehead atoms. The van der Waals surface area contributed by atoms with E-state index in [0.29, 0.717) is 5.56 Å². The molecule has 0 aliphatic heterocycles. The molecule has 0 aliphatic rings. The molecule has 0 saturated carbocycles. The Kier molecular flexibility index (Phi) is 14.7. The van der Waals surface area contributed by atoms with E-state index in [1.807, 2.05) is 0 Å². The normalized spacial score (nSPS) is 7.22. The van der Waals surface area contributed by atoms with E-state index in [9.17, 15) is 4.79 Å². The molecule has 98 valence electrons. The van der Waals surface area contributed by atoms with Crippen LogP contribution in [0, 0.1) is 11.8 Å². The van der Waals surface area contributed by atoms with E-state index in [0.717, 1.165) is 0 Å². The van der Waals surface area contributed by atoms with E-state index in [-0.39, 0.29) is 19.7 Å². The highest BCUT2D eigenvalue weighted by molar-refractivity contribution is 5.87. The molecule has 18 heavy (non-hydrogen) atoms. The summed E-state index contributed by atoms with van der Waals surface area (Å²) in [6.45, 7) is -0.582. The highest BCUT2D eigenvalue weighted by atomic mass is 16.4. The molecule has 0 aromatic heterocycles. The molecule has 6 heteroatoms. The van der Waals surface area contributed by atoms with E-state index in [2.05, 4.69) is 11.8 Å². The van der Waals surface area contributed by atoms with Gasteiger partial charge >= 0.3 is 5.97 Å². The predicted molar refractivity (Wildman–Crippen MR) is 64.0 cm³/mol. The Bertz CT molecular complexity index is 369. The van der Waals surface area contributed by atoms with Gasteiger partial charge in [0.15, 0.2) is 0 Å². The van der Waals surface area contributed by atoms with Gasteiger partial charge in [0.1, 0.15) is 13.2 Å². The number of aliphatic hydroxyl groups excluding tert-OH is 2. The van der Waals surface area contributed by atoms with Crippen molar-refractivity contribution in [3.05, 3.63) is 35.9 Å². The zero-order valence-corrected chi connectivity index (χ0v) is 9.48. The van der Waals surface area contributed by atoms with Crippen LogP contribution in [-0.4, -0.2) is 46.1 Å². The first-order valence-corrected chi connectivity index (χ1v) is 4.67. The van der Waals surface area contributed by atoms with Crippen LogP contribution in [0.3, 0.4) is 0 Å². The maximum atomic E-state index is 10.2. The Morgan fingerprint density at radius 1 is 1.11 bits per heavy atom. The van der Waals surface area contributed by atoms with Gasteiger partial charge in [-0.25, -0.2) is 4.79 Å². The highest BCUT2D eigenvalue weighted by Gasteiger charge is 1.96. The molecule has 0 amide bonds. The number of hydrogen-bond acceptors (Lipinski definition) is 4. The third-order valence-electron chi connectivity index (χ3n) is 1.30. The lowest BCUT2D eigenvalue weighted by molar-refractivity contribution is -0.122. The van der Waals surface area contributed by atoms with Crippen molar-refractivity contribution in [2.75, 3.05) is 13.2 Å². The Labute approximate surface area is 104 Å². The first-order chi connectivity index (χ1) is 8.63. The fraction of sp³-hybridized carbons (Fsp3) is 0.167. The zero-order valence-electron chi connectivity index (χ0n) is 9.48. The van der Waals surface area contributed by atoms with E-state index in [4.69, 9.17) is 25.2 Å². The molecule has 1 aromatic rings. The van der Waals surface area contributed by atoms with Gasteiger partial charge in [0, 0.05) is 0 Å². The molecule has 1 aromatic carbocycles. The number of rotatable bonds is 1. The number of hydrogen-bond donors (Lipinski definition) is 4. The molecule has 0 radical (unpaired) electrons. The van der Waals surface area contributed by atoms with Crippen molar-refractivity contribution in [1.29, 1.82) is 0 Å². The lowest BCUT2D eigenvalue weighted by Crippen LogP contribution is -1.93. The largest absolute Gasteiger partial charge is 0.483 e. The summed E-state index contributed by atoms with van der Waals surface area (Å²) in [5, 5.41) is 31.1. The number of carboxylic acids is 1. The summed E-state index contributed by atoms with van der Waals surface area (Å²) in [6.07, 6.45) is 0. The molecule has 0 spiro atoms. The van der Waals surface area contributed by atoms with Gasteiger partial charge in [-0.2, -0.15) is 0 Å². The molecular weight excluding hydrogens is 240 g/mol. The minimum Gasteiger partial charge on any atom is -0.483 e. The van der Waals surface area contributed by atoms with Crippen molar-refractivity contribution >= 4 is 12.4 Å². The zero-order chi connectivity index (χ0) is 14.2. The fourth-order valence-electron chi connectivity index (χ4n) is 0.693. The summed E-state index contributed by atoms with van der Waals surface area (Å²) < 4.78 is 0. The summed E-state index contributed by atoms with van der Waals surface area (Å²) in [7, 11) is 0. The molecule has 0 atom stereocenters. The first kappa shape index (κ1) is 18.0. The van der Waals surface area contributed by atoms with Crippen molar-refractivity contribution in [1.82, 2.24) is 0 Å². The smallest absolute Gasteiger partial charge is 0.335 e. The predicted octanol–water partition coefficient (Wildman–Crippen LogP) is 0.0600. The average molecular weight is 254 g/mol.